The van der Waals surface area contributed by atoms with Gasteiger partial charge < -0.3 is 16.2 Å². The number of carboxylic acids is 1. The number of nitrogens with one attached hydrogen (secondary N) is 1. The number of hydrogen-bond acceptors (Lipinski definition) is 3. The molecule has 0 aliphatic rings. The SMILES string of the molecule is Cc1cc(C(=O)N[C@@H](CC(N)=O)C(=O)O)ccc1F. The monoisotopic (exact) mass is 268 g/mol. The summed E-state index contributed by atoms with van der Waals surface area (Å²) in [5.74, 6) is -3.39. The fraction of sp³-hybridized carbons (Fsp3) is 0.250. The number of primary amides is 1. The summed E-state index contributed by atoms with van der Waals surface area (Å²) in [5, 5.41) is 11.0. The second-order valence-corrected chi connectivity index (χ2v) is 4.00. The van der Waals surface area contributed by atoms with Crippen LogP contribution in [-0.2, 0) is 9.59 Å². The molecule has 1 aromatic carbocycles. The van der Waals surface area contributed by atoms with E-state index in [-0.39, 0.29) is 11.1 Å². The number of carbonyl (C=O) groups excluding carboxylic acids is 2. The molecule has 0 spiro atoms. The maximum absolute atomic E-state index is 13.0. The van der Waals surface area contributed by atoms with Crippen LogP contribution >= 0.6 is 0 Å². The standard InChI is InChI=1S/C12H13FN2O4/c1-6-4-7(2-3-8(6)13)11(17)15-9(12(18)19)5-10(14)16/h2-4,9H,5H2,1H3,(H2,14,16)(H,15,17)(H,18,19)/t9-/m0/s1. The normalized spacial score (nSPS) is 11.7. The van der Waals surface area contributed by atoms with Crippen molar-refractivity contribution in [3.8, 4) is 0 Å². The number of carbonyl (C=O) groups is 3. The van der Waals surface area contributed by atoms with Gasteiger partial charge in [-0.15, -0.1) is 0 Å². The Labute approximate surface area is 108 Å². The van der Waals surface area contributed by atoms with Crippen LogP contribution in [0.15, 0.2) is 18.2 Å². The summed E-state index contributed by atoms with van der Waals surface area (Å²) in [6.45, 7) is 1.48. The van der Waals surface area contributed by atoms with Crippen LogP contribution in [0, 0.1) is 12.7 Å². The van der Waals surface area contributed by atoms with E-state index < -0.39 is 36.1 Å². The Balaban J connectivity index is 2.84. The van der Waals surface area contributed by atoms with Crippen molar-refractivity contribution in [2.45, 2.75) is 19.4 Å². The average molecular weight is 268 g/mol. The minimum absolute atomic E-state index is 0.106. The van der Waals surface area contributed by atoms with Crippen molar-refractivity contribution in [1.82, 2.24) is 5.32 Å². The van der Waals surface area contributed by atoms with E-state index in [0.29, 0.717) is 0 Å². The molecule has 0 saturated carbocycles. The lowest BCUT2D eigenvalue weighted by Gasteiger charge is -2.13. The van der Waals surface area contributed by atoms with Gasteiger partial charge in [-0.2, -0.15) is 0 Å². The van der Waals surface area contributed by atoms with Crippen molar-refractivity contribution >= 4 is 17.8 Å². The Kier molecular flexibility index (Phi) is 4.57. The van der Waals surface area contributed by atoms with Crippen LogP contribution in [0.5, 0.6) is 0 Å². The lowest BCUT2D eigenvalue weighted by molar-refractivity contribution is -0.140. The van der Waals surface area contributed by atoms with E-state index in [1.54, 1.807) is 0 Å². The van der Waals surface area contributed by atoms with Crippen molar-refractivity contribution in [1.29, 1.82) is 0 Å². The zero-order valence-electron chi connectivity index (χ0n) is 10.1. The van der Waals surface area contributed by atoms with Crippen molar-refractivity contribution in [2.24, 2.45) is 5.73 Å². The van der Waals surface area contributed by atoms with Gasteiger partial charge in [-0.3, -0.25) is 9.59 Å². The zero-order chi connectivity index (χ0) is 14.6. The molecule has 0 saturated heterocycles. The van der Waals surface area contributed by atoms with E-state index in [9.17, 15) is 18.8 Å². The van der Waals surface area contributed by atoms with Crippen LogP contribution in [0.25, 0.3) is 0 Å². The lowest BCUT2D eigenvalue weighted by atomic mass is 10.1. The van der Waals surface area contributed by atoms with E-state index in [1.807, 2.05) is 0 Å². The molecule has 0 bridgehead atoms. The molecule has 0 unspecified atom stereocenters. The summed E-state index contributed by atoms with van der Waals surface area (Å²) in [6.07, 6.45) is -0.513. The van der Waals surface area contributed by atoms with E-state index in [4.69, 9.17) is 10.8 Å². The van der Waals surface area contributed by atoms with Gasteiger partial charge in [0.1, 0.15) is 11.9 Å². The first-order valence-electron chi connectivity index (χ1n) is 5.39. The van der Waals surface area contributed by atoms with Crippen molar-refractivity contribution in [2.75, 3.05) is 0 Å². The Morgan fingerprint density at radius 2 is 2.05 bits per heavy atom. The molecule has 2 amide bonds. The summed E-state index contributed by atoms with van der Waals surface area (Å²) in [5.41, 5.74) is 5.25. The number of aliphatic carboxylic acids is 1. The van der Waals surface area contributed by atoms with Crippen LogP contribution in [0.1, 0.15) is 22.3 Å². The molecule has 1 atom stereocenters. The van der Waals surface area contributed by atoms with Gasteiger partial charge in [-0.05, 0) is 30.7 Å². The predicted octanol–water partition coefficient (Wildman–Crippen LogP) is 0.193. The molecule has 0 aliphatic carbocycles. The van der Waals surface area contributed by atoms with Crippen LogP contribution in [0.3, 0.4) is 0 Å². The molecule has 0 heterocycles. The van der Waals surface area contributed by atoms with Crippen molar-refractivity contribution < 1.29 is 23.9 Å². The van der Waals surface area contributed by atoms with E-state index >= 15 is 0 Å². The largest absolute Gasteiger partial charge is 0.480 e. The molecule has 6 nitrogen and oxygen atoms in total. The van der Waals surface area contributed by atoms with Crippen LogP contribution in [0.2, 0.25) is 0 Å². The maximum atomic E-state index is 13.0. The van der Waals surface area contributed by atoms with Crippen molar-refractivity contribution in [3.05, 3.63) is 35.1 Å². The Morgan fingerprint density at radius 1 is 1.42 bits per heavy atom. The van der Waals surface area contributed by atoms with Gasteiger partial charge in [0, 0.05) is 5.56 Å². The Morgan fingerprint density at radius 3 is 2.53 bits per heavy atom. The molecule has 1 aromatic rings. The van der Waals surface area contributed by atoms with Gasteiger partial charge in [-0.25, -0.2) is 9.18 Å². The number of benzene rings is 1. The Hall–Kier alpha value is -2.44. The van der Waals surface area contributed by atoms with Gasteiger partial charge in [0.15, 0.2) is 0 Å². The van der Waals surface area contributed by atoms with Gasteiger partial charge in [-0.1, -0.05) is 0 Å². The third-order valence-electron chi connectivity index (χ3n) is 2.43. The predicted molar refractivity (Wildman–Crippen MR) is 63.8 cm³/mol. The smallest absolute Gasteiger partial charge is 0.326 e. The second-order valence-electron chi connectivity index (χ2n) is 4.00. The van der Waals surface area contributed by atoms with Gasteiger partial charge >= 0.3 is 5.97 Å². The zero-order valence-corrected chi connectivity index (χ0v) is 10.1. The summed E-state index contributed by atoms with van der Waals surface area (Å²) in [6, 6.07) is 2.21. The lowest BCUT2D eigenvalue weighted by Crippen LogP contribution is -2.43. The van der Waals surface area contributed by atoms with E-state index in [1.165, 1.54) is 19.1 Å². The molecule has 0 fully saturated rings. The molecule has 1 rings (SSSR count). The molecular weight excluding hydrogens is 255 g/mol. The van der Waals surface area contributed by atoms with Gasteiger partial charge in [0.2, 0.25) is 5.91 Å². The molecule has 19 heavy (non-hydrogen) atoms. The molecule has 4 N–H and O–H groups in total. The number of nitrogens with two attached hydrogens (primary N) is 1. The number of halogens is 1. The second kappa shape index (κ2) is 5.94. The highest BCUT2D eigenvalue weighted by Crippen LogP contribution is 2.09. The van der Waals surface area contributed by atoms with E-state index in [0.717, 1.165) is 6.07 Å². The molecule has 102 valence electrons. The first kappa shape index (κ1) is 14.6. The summed E-state index contributed by atoms with van der Waals surface area (Å²) >= 11 is 0. The Bertz CT molecular complexity index is 530. The first-order chi connectivity index (χ1) is 8.81. The number of aryl methyl sites for hydroxylation is 1. The average Bonchev–Trinajstić information content (AvgIpc) is 2.31. The minimum Gasteiger partial charge on any atom is -0.480 e. The topological polar surface area (TPSA) is 109 Å². The summed E-state index contributed by atoms with van der Waals surface area (Å²) < 4.78 is 13.0. The quantitative estimate of drug-likeness (QED) is 0.708. The van der Waals surface area contributed by atoms with Crippen LogP contribution in [-0.4, -0.2) is 28.9 Å². The minimum atomic E-state index is -1.41. The van der Waals surface area contributed by atoms with Gasteiger partial charge in [0.05, 0.1) is 6.42 Å². The van der Waals surface area contributed by atoms with E-state index in [2.05, 4.69) is 5.32 Å². The third kappa shape index (κ3) is 4.06. The number of carboxylic acid groups (broad SMARTS) is 1. The molecule has 7 heteroatoms. The number of rotatable bonds is 5. The van der Waals surface area contributed by atoms with Crippen LogP contribution in [0.4, 0.5) is 4.39 Å². The summed E-state index contributed by atoms with van der Waals surface area (Å²) in [7, 11) is 0. The highest BCUT2D eigenvalue weighted by molar-refractivity contribution is 5.97. The fourth-order valence-electron chi connectivity index (χ4n) is 1.43. The fourth-order valence-corrected chi connectivity index (χ4v) is 1.43. The molecular formula is C12H13FN2O4. The molecule has 0 aromatic heterocycles. The van der Waals surface area contributed by atoms with Gasteiger partial charge in [0.25, 0.3) is 5.91 Å². The molecule has 0 aliphatic heterocycles. The first-order valence-corrected chi connectivity index (χ1v) is 5.39. The highest BCUT2D eigenvalue weighted by atomic mass is 19.1. The van der Waals surface area contributed by atoms with Crippen LogP contribution < -0.4 is 11.1 Å². The summed E-state index contributed by atoms with van der Waals surface area (Å²) in [4.78, 5) is 33.3. The number of hydrogen-bond donors (Lipinski definition) is 3. The highest BCUT2D eigenvalue weighted by Gasteiger charge is 2.22. The molecule has 0 radical (unpaired) electrons. The maximum Gasteiger partial charge on any atom is 0.326 e. The van der Waals surface area contributed by atoms with Crippen molar-refractivity contribution in [3.63, 3.8) is 0 Å². The number of amides is 2. The third-order valence-corrected chi connectivity index (χ3v) is 2.43.